The lowest BCUT2D eigenvalue weighted by Gasteiger charge is -2.38. The normalized spacial score (nSPS) is 24.2. The highest BCUT2D eigenvalue weighted by molar-refractivity contribution is 7.89. The largest absolute Gasteiger partial charge is 0.377 e. The fourth-order valence-electron chi connectivity index (χ4n) is 2.55. The van der Waals surface area contributed by atoms with Gasteiger partial charge in [0.05, 0.1) is 10.5 Å². The molecular formula is C14H21ClN2O3S. The Balaban J connectivity index is 2.33. The van der Waals surface area contributed by atoms with E-state index in [-0.39, 0.29) is 11.4 Å². The number of hydrogen-bond donors (Lipinski definition) is 1. The number of halogens is 1. The Labute approximate surface area is 131 Å². The minimum atomic E-state index is -3.55. The number of hydrogen-bond acceptors (Lipinski definition) is 4. The number of nitrogens with two attached hydrogens (primary N) is 1. The second-order valence-corrected chi connectivity index (χ2v) is 7.90. The smallest absolute Gasteiger partial charge is 0.243 e. The van der Waals surface area contributed by atoms with E-state index in [4.69, 9.17) is 22.1 Å². The van der Waals surface area contributed by atoms with Crippen LogP contribution >= 0.6 is 11.6 Å². The summed E-state index contributed by atoms with van der Waals surface area (Å²) in [5.74, 6) is 0. The molecule has 0 saturated carbocycles. The van der Waals surface area contributed by atoms with Crippen LogP contribution in [0.1, 0.15) is 25.3 Å². The van der Waals surface area contributed by atoms with E-state index in [9.17, 15) is 8.42 Å². The molecule has 21 heavy (non-hydrogen) atoms. The average molecular weight is 333 g/mol. The van der Waals surface area contributed by atoms with Crippen LogP contribution in [-0.4, -0.2) is 38.5 Å². The van der Waals surface area contributed by atoms with Gasteiger partial charge in [0.1, 0.15) is 0 Å². The van der Waals surface area contributed by atoms with E-state index >= 15 is 0 Å². The van der Waals surface area contributed by atoms with Crippen molar-refractivity contribution in [2.45, 2.75) is 36.8 Å². The standard InChI is InChI=1S/C14H21ClN2O3S/c1-14(20-2)6-3-7-17(10-14)21(18,19)12-4-5-13(15)11(8-12)9-16/h4-5,8H,3,6-7,9-10,16H2,1-2H3. The van der Waals surface area contributed by atoms with E-state index in [0.29, 0.717) is 23.7 Å². The SMILES string of the molecule is COC1(C)CCCN(S(=O)(=O)c2ccc(Cl)c(CN)c2)C1. The van der Waals surface area contributed by atoms with Crippen LogP contribution in [0.4, 0.5) is 0 Å². The molecule has 0 spiro atoms. The van der Waals surface area contributed by atoms with Gasteiger partial charge in [-0.05, 0) is 43.5 Å². The van der Waals surface area contributed by atoms with E-state index in [1.165, 1.54) is 10.4 Å². The molecule has 1 aliphatic rings. The van der Waals surface area contributed by atoms with Crippen molar-refractivity contribution >= 4 is 21.6 Å². The quantitative estimate of drug-likeness (QED) is 0.915. The van der Waals surface area contributed by atoms with E-state index < -0.39 is 15.6 Å². The molecule has 0 radical (unpaired) electrons. The lowest BCUT2D eigenvalue weighted by Crippen LogP contribution is -2.49. The molecule has 1 aromatic rings. The first kappa shape index (κ1) is 16.7. The molecule has 2 N–H and O–H groups in total. The van der Waals surface area contributed by atoms with Crippen LogP contribution in [0, 0.1) is 0 Å². The Morgan fingerprint density at radius 2 is 2.19 bits per heavy atom. The highest BCUT2D eigenvalue weighted by atomic mass is 35.5. The van der Waals surface area contributed by atoms with Gasteiger partial charge in [-0.15, -0.1) is 0 Å². The van der Waals surface area contributed by atoms with Gasteiger partial charge in [-0.2, -0.15) is 4.31 Å². The molecule has 0 aliphatic carbocycles. The number of piperidine rings is 1. The van der Waals surface area contributed by atoms with Crippen molar-refractivity contribution in [1.82, 2.24) is 4.31 Å². The van der Waals surface area contributed by atoms with Crippen LogP contribution in [0.25, 0.3) is 0 Å². The van der Waals surface area contributed by atoms with Gasteiger partial charge in [-0.25, -0.2) is 8.42 Å². The van der Waals surface area contributed by atoms with Gasteiger partial charge in [0.25, 0.3) is 0 Å². The lowest BCUT2D eigenvalue weighted by atomic mass is 9.96. The minimum absolute atomic E-state index is 0.206. The lowest BCUT2D eigenvalue weighted by molar-refractivity contribution is -0.0319. The number of benzene rings is 1. The van der Waals surface area contributed by atoms with Crippen molar-refractivity contribution in [2.24, 2.45) is 5.73 Å². The fourth-order valence-corrected chi connectivity index (χ4v) is 4.39. The van der Waals surface area contributed by atoms with E-state index in [2.05, 4.69) is 0 Å². The van der Waals surface area contributed by atoms with Crippen molar-refractivity contribution in [3.63, 3.8) is 0 Å². The summed E-state index contributed by atoms with van der Waals surface area (Å²) in [4.78, 5) is 0.229. The number of nitrogens with zero attached hydrogens (tertiary/aromatic N) is 1. The zero-order chi connectivity index (χ0) is 15.7. The van der Waals surface area contributed by atoms with Gasteiger partial charge in [-0.1, -0.05) is 11.6 Å². The maximum absolute atomic E-state index is 12.8. The summed E-state index contributed by atoms with van der Waals surface area (Å²) < 4.78 is 32.4. The van der Waals surface area contributed by atoms with Gasteiger partial charge in [0, 0.05) is 31.8 Å². The highest BCUT2D eigenvalue weighted by Crippen LogP contribution is 2.29. The first-order chi connectivity index (χ1) is 9.82. The molecule has 1 aromatic carbocycles. The molecule has 0 amide bonds. The fraction of sp³-hybridized carbons (Fsp3) is 0.571. The molecule has 5 nitrogen and oxygen atoms in total. The molecule has 118 valence electrons. The average Bonchev–Trinajstić information content (AvgIpc) is 2.47. The van der Waals surface area contributed by atoms with Gasteiger partial charge in [0.2, 0.25) is 10.0 Å². The third-order valence-electron chi connectivity index (χ3n) is 3.99. The topological polar surface area (TPSA) is 72.6 Å². The number of ether oxygens (including phenoxy) is 1. The van der Waals surface area contributed by atoms with Crippen molar-refractivity contribution in [3.05, 3.63) is 28.8 Å². The molecular weight excluding hydrogens is 312 g/mol. The van der Waals surface area contributed by atoms with E-state index in [0.717, 1.165) is 12.8 Å². The summed E-state index contributed by atoms with van der Waals surface area (Å²) in [6.07, 6.45) is 1.63. The van der Waals surface area contributed by atoms with Gasteiger partial charge >= 0.3 is 0 Å². The molecule has 0 bridgehead atoms. The maximum atomic E-state index is 12.8. The Morgan fingerprint density at radius 3 is 2.81 bits per heavy atom. The molecule has 1 aliphatic heterocycles. The molecule has 1 unspecified atom stereocenters. The summed E-state index contributed by atoms with van der Waals surface area (Å²) in [6, 6.07) is 4.65. The molecule has 1 atom stereocenters. The molecule has 1 fully saturated rings. The second-order valence-electron chi connectivity index (χ2n) is 5.55. The monoisotopic (exact) mass is 332 g/mol. The van der Waals surface area contributed by atoms with Crippen LogP contribution < -0.4 is 5.73 Å². The van der Waals surface area contributed by atoms with Crippen LogP contribution in [0.2, 0.25) is 5.02 Å². The summed E-state index contributed by atoms with van der Waals surface area (Å²) in [6.45, 7) is 2.99. The number of methoxy groups -OCH3 is 1. The Morgan fingerprint density at radius 1 is 1.48 bits per heavy atom. The first-order valence-electron chi connectivity index (χ1n) is 6.86. The molecule has 2 rings (SSSR count). The van der Waals surface area contributed by atoms with Crippen LogP contribution in [0.3, 0.4) is 0 Å². The summed E-state index contributed by atoms with van der Waals surface area (Å²) >= 11 is 5.99. The van der Waals surface area contributed by atoms with E-state index in [1.807, 2.05) is 6.92 Å². The maximum Gasteiger partial charge on any atom is 0.243 e. The van der Waals surface area contributed by atoms with Crippen molar-refractivity contribution in [1.29, 1.82) is 0 Å². The minimum Gasteiger partial charge on any atom is -0.377 e. The Bertz CT molecular complexity index is 621. The van der Waals surface area contributed by atoms with Crippen LogP contribution in [0.5, 0.6) is 0 Å². The predicted octanol–water partition coefficient (Wildman–Crippen LogP) is 1.99. The van der Waals surface area contributed by atoms with Gasteiger partial charge in [0.15, 0.2) is 0 Å². The zero-order valence-corrected chi connectivity index (χ0v) is 13.9. The predicted molar refractivity (Wildman–Crippen MR) is 82.8 cm³/mol. The Kier molecular flexibility index (Phi) is 4.95. The van der Waals surface area contributed by atoms with Gasteiger partial charge < -0.3 is 10.5 Å². The molecule has 7 heteroatoms. The third kappa shape index (κ3) is 3.40. The van der Waals surface area contributed by atoms with Crippen molar-refractivity contribution in [3.8, 4) is 0 Å². The number of sulfonamides is 1. The van der Waals surface area contributed by atoms with Crippen molar-refractivity contribution in [2.75, 3.05) is 20.2 Å². The van der Waals surface area contributed by atoms with Crippen LogP contribution in [0.15, 0.2) is 23.1 Å². The molecule has 1 heterocycles. The van der Waals surface area contributed by atoms with E-state index in [1.54, 1.807) is 19.2 Å². The Hall–Kier alpha value is -0.660. The second kappa shape index (κ2) is 6.22. The highest BCUT2D eigenvalue weighted by Gasteiger charge is 2.37. The van der Waals surface area contributed by atoms with Crippen LogP contribution in [-0.2, 0) is 21.3 Å². The van der Waals surface area contributed by atoms with Crippen molar-refractivity contribution < 1.29 is 13.2 Å². The summed E-state index contributed by atoms with van der Waals surface area (Å²) in [5.41, 5.74) is 5.79. The zero-order valence-electron chi connectivity index (χ0n) is 12.3. The molecule has 0 aromatic heterocycles. The summed E-state index contributed by atoms with van der Waals surface area (Å²) in [7, 11) is -1.94. The first-order valence-corrected chi connectivity index (χ1v) is 8.68. The number of rotatable bonds is 4. The van der Waals surface area contributed by atoms with Gasteiger partial charge in [-0.3, -0.25) is 0 Å². The summed E-state index contributed by atoms with van der Waals surface area (Å²) in [5, 5.41) is 0.483. The third-order valence-corrected chi connectivity index (χ3v) is 6.20. The molecule has 1 saturated heterocycles.